The molecule has 1 N–H and O–H groups in total. The van der Waals surface area contributed by atoms with E-state index < -0.39 is 0 Å². The first-order chi connectivity index (χ1) is 10.0. The molecule has 2 aliphatic rings. The third-order valence-corrected chi connectivity index (χ3v) is 5.03. The molecule has 1 saturated heterocycles. The van der Waals surface area contributed by atoms with E-state index in [1.807, 2.05) is 6.20 Å². The van der Waals surface area contributed by atoms with Crippen LogP contribution in [0.1, 0.15) is 52.0 Å². The second kappa shape index (κ2) is 5.96. The van der Waals surface area contributed by atoms with Crippen LogP contribution in [0.2, 0.25) is 0 Å². The SMILES string of the molecule is CC(C)(C)C1CCN(c2cc(CNC3CC3)ccn2)CC1. The number of piperidine rings is 1. The van der Waals surface area contributed by atoms with Gasteiger partial charge in [0.25, 0.3) is 0 Å². The van der Waals surface area contributed by atoms with Crippen LogP contribution in [-0.2, 0) is 6.54 Å². The first-order valence-corrected chi connectivity index (χ1v) is 8.45. The fourth-order valence-corrected chi connectivity index (χ4v) is 3.27. The Morgan fingerprint density at radius 2 is 1.90 bits per heavy atom. The van der Waals surface area contributed by atoms with Gasteiger partial charge in [0.2, 0.25) is 0 Å². The first-order valence-electron chi connectivity index (χ1n) is 8.45. The Morgan fingerprint density at radius 1 is 1.19 bits per heavy atom. The highest BCUT2D eigenvalue weighted by Gasteiger charge is 2.29. The van der Waals surface area contributed by atoms with Crippen molar-refractivity contribution in [2.75, 3.05) is 18.0 Å². The second-order valence-electron chi connectivity index (χ2n) is 7.80. The second-order valence-corrected chi connectivity index (χ2v) is 7.80. The highest BCUT2D eigenvalue weighted by molar-refractivity contribution is 5.41. The molecule has 21 heavy (non-hydrogen) atoms. The summed E-state index contributed by atoms with van der Waals surface area (Å²) < 4.78 is 0. The van der Waals surface area contributed by atoms with Crippen molar-refractivity contribution in [2.45, 2.75) is 59.0 Å². The maximum atomic E-state index is 4.59. The maximum absolute atomic E-state index is 4.59. The summed E-state index contributed by atoms with van der Waals surface area (Å²) in [6.07, 6.45) is 7.23. The van der Waals surface area contributed by atoms with E-state index in [1.54, 1.807) is 0 Å². The first kappa shape index (κ1) is 14.8. The quantitative estimate of drug-likeness (QED) is 0.917. The van der Waals surface area contributed by atoms with Crippen LogP contribution >= 0.6 is 0 Å². The van der Waals surface area contributed by atoms with Crippen LogP contribution in [0, 0.1) is 11.3 Å². The molecule has 0 amide bonds. The summed E-state index contributed by atoms with van der Waals surface area (Å²) in [6, 6.07) is 5.18. The van der Waals surface area contributed by atoms with Gasteiger partial charge in [-0.25, -0.2) is 4.98 Å². The Balaban J connectivity index is 1.58. The van der Waals surface area contributed by atoms with Crippen LogP contribution in [0.4, 0.5) is 5.82 Å². The molecule has 0 unspecified atom stereocenters. The van der Waals surface area contributed by atoms with Gasteiger partial charge < -0.3 is 10.2 Å². The Bertz CT molecular complexity index is 466. The molecule has 2 fully saturated rings. The molecule has 1 aromatic heterocycles. The molecule has 0 radical (unpaired) electrons. The van der Waals surface area contributed by atoms with Crippen LogP contribution in [-0.4, -0.2) is 24.1 Å². The molecule has 0 bridgehead atoms. The van der Waals surface area contributed by atoms with E-state index in [4.69, 9.17) is 0 Å². The summed E-state index contributed by atoms with van der Waals surface area (Å²) in [5.41, 5.74) is 1.81. The molecule has 0 spiro atoms. The molecule has 3 rings (SSSR count). The zero-order chi connectivity index (χ0) is 14.9. The number of pyridine rings is 1. The van der Waals surface area contributed by atoms with Crippen molar-refractivity contribution in [3.05, 3.63) is 23.9 Å². The summed E-state index contributed by atoms with van der Waals surface area (Å²) >= 11 is 0. The zero-order valence-electron chi connectivity index (χ0n) is 13.7. The van der Waals surface area contributed by atoms with Gasteiger partial charge in [0.1, 0.15) is 5.82 Å². The van der Waals surface area contributed by atoms with E-state index in [9.17, 15) is 0 Å². The molecule has 0 aromatic carbocycles. The normalized spacial score (nSPS) is 20.8. The van der Waals surface area contributed by atoms with Crippen molar-refractivity contribution in [3.63, 3.8) is 0 Å². The molecule has 1 aromatic rings. The van der Waals surface area contributed by atoms with Gasteiger partial charge in [0, 0.05) is 31.9 Å². The highest BCUT2D eigenvalue weighted by atomic mass is 15.2. The minimum Gasteiger partial charge on any atom is -0.357 e. The molecule has 0 atom stereocenters. The van der Waals surface area contributed by atoms with Gasteiger partial charge in [-0.1, -0.05) is 20.8 Å². The summed E-state index contributed by atoms with van der Waals surface area (Å²) in [4.78, 5) is 7.05. The Morgan fingerprint density at radius 3 is 2.52 bits per heavy atom. The molecule has 1 aliphatic carbocycles. The average molecular weight is 287 g/mol. The van der Waals surface area contributed by atoms with Crippen molar-refractivity contribution in [1.82, 2.24) is 10.3 Å². The van der Waals surface area contributed by atoms with Crippen molar-refractivity contribution in [1.29, 1.82) is 0 Å². The topological polar surface area (TPSA) is 28.2 Å². The minimum atomic E-state index is 0.440. The van der Waals surface area contributed by atoms with E-state index in [1.165, 1.54) is 31.2 Å². The van der Waals surface area contributed by atoms with Gasteiger partial charge in [0.15, 0.2) is 0 Å². The van der Waals surface area contributed by atoms with E-state index in [-0.39, 0.29) is 0 Å². The van der Waals surface area contributed by atoms with Gasteiger partial charge in [-0.2, -0.15) is 0 Å². The smallest absolute Gasteiger partial charge is 0.128 e. The van der Waals surface area contributed by atoms with E-state index >= 15 is 0 Å². The summed E-state index contributed by atoms with van der Waals surface area (Å²) in [6.45, 7) is 10.4. The van der Waals surface area contributed by atoms with Crippen molar-refractivity contribution >= 4 is 5.82 Å². The summed E-state index contributed by atoms with van der Waals surface area (Å²) in [5.74, 6) is 2.01. The highest BCUT2D eigenvalue weighted by Crippen LogP contribution is 2.35. The third-order valence-electron chi connectivity index (χ3n) is 5.03. The molecule has 116 valence electrons. The van der Waals surface area contributed by atoms with E-state index in [0.29, 0.717) is 5.41 Å². The lowest BCUT2D eigenvalue weighted by Crippen LogP contribution is -2.38. The molecule has 3 nitrogen and oxygen atoms in total. The number of aromatic nitrogens is 1. The fourth-order valence-electron chi connectivity index (χ4n) is 3.27. The van der Waals surface area contributed by atoms with Crippen molar-refractivity contribution < 1.29 is 0 Å². The maximum Gasteiger partial charge on any atom is 0.128 e. The van der Waals surface area contributed by atoms with Gasteiger partial charge in [0.05, 0.1) is 0 Å². The van der Waals surface area contributed by atoms with Crippen LogP contribution in [0.3, 0.4) is 0 Å². The van der Waals surface area contributed by atoms with E-state index in [2.05, 4.69) is 48.1 Å². The fraction of sp³-hybridized carbons (Fsp3) is 0.722. The number of rotatable bonds is 4. The van der Waals surface area contributed by atoms with Crippen LogP contribution in [0.15, 0.2) is 18.3 Å². The Kier molecular flexibility index (Phi) is 4.21. The van der Waals surface area contributed by atoms with Gasteiger partial charge in [-0.05, 0) is 54.7 Å². The van der Waals surface area contributed by atoms with Crippen LogP contribution in [0.25, 0.3) is 0 Å². The standard InChI is InChI=1S/C18H29N3/c1-18(2,3)15-7-10-21(11-8-15)17-12-14(6-9-19-17)13-20-16-4-5-16/h6,9,12,15-16,20H,4-5,7-8,10-11,13H2,1-3H3. The largest absolute Gasteiger partial charge is 0.357 e. The molecule has 1 aliphatic heterocycles. The van der Waals surface area contributed by atoms with Crippen molar-refractivity contribution in [3.8, 4) is 0 Å². The lowest BCUT2D eigenvalue weighted by atomic mass is 9.75. The molecule has 2 heterocycles. The van der Waals surface area contributed by atoms with E-state index in [0.717, 1.165) is 37.4 Å². The lowest BCUT2D eigenvalue weighted by molar-refractivity contribution is 0.198. The number of nitrogens with one attached hydrogen (secondary N) is 1. The Labute approximate surface area is 129 Å². The number of hydrogen-bond acceptors (Lipinski definition) is 3. The lowest BCUT2D eigenvalue weighted by Gasteiger charge is -2.39. The van der Waals surface area contributed by atoms with Crippen molar-refractivity contribution in [2.24, 2.45) is 11.3 Å². The molecule has 3 heteroatoms. The van der Waals surface area contributed by atoms with Gasteiger partial charge in [-0.15, -0.1) is 0 Å². The van der Waals surface area contributed by atoms with Crippen LogP contribution < -0.4 is 10.2 Å². The average Bonchev–Trinajstić information content (AvgIpc) is 3.29. The van der Waals surface area contributed by atoms with Gasteiger partial charge in [-0.3, -0.25) is 0 Å². The molecular formula is C18H29N3. The van der Waals surface area contributed by atoms with Gasteiger partial charge >= 0.3 is 0 Å². The predicted molar refractivity (Wildman–Crippen MR) is 88.5 cm³/mol. The molecule has 1 saturated carbocycles. The predicted octanol–water partition coefficient (Wildman–Crippen LogP) is 3.60. The summed E-state index contributed by atoms with van der Waals surface area (Å²) in [5, 5.41) is 3.58. The monoisotopic (exact) mass is 287 g/mol. The number of anilines is 1. The minimum absolute atomic E-state index is 0.440. The molecular weight excluding hydrogens is 258 g/mol. The number of nitrogens with zero attached hydrogens (tertiary/aromatic N) is 2. The zero-order valence-corrected chi connectivity index (χ0v) is 13.7. The Hall–Kier alpha value is -1.09. The van der Waals surface area contributed by atoms with Crippen LogP contribution in [0.5, 0.6) is 0 Å². The number of hydrogen-bond donors (Lipinski definition) is 1. The summed E-state index contributed by atoms with van der Waals surface area (Å²) in [7, 11) is 0. The third kappa shape index (κ3) is 3.97.